The Morgan fingerprint density at radius 3 is 1.15 bits per heavy atom. The maximum Gasteiger partial charge on any atom is 0.0541 e. The zero-order valence-corrected chi connectivity index (χ0v) is 26.7. The van der Waals surface area contributed by atoms with Crippen molar-refractivity contribution in [2.24, 2.45) is 0 Å². The van der Waals surface area contributed by atoms with E-state index in [2.05, 4.69) is 179 Å². The van der Waals surface area contributed by atoms with E-state index in [1.165, 1.54) is 49.3 Å². The molecule has 8 rings (SSSR count). The van der Waals surface area contributed by atoms with Gasteiger partial charge >= 0.3 is 0 Å². The van der Waals surface area contributed by atoms with Gasteiger partial charge in [0.2, 0.25) is 0 Å². The number of nitrogens with zero attached hydrogens (tertiary/aromatic N) is 1. The van der Waals surface area contributed by atoms with E-state index in [0.29, 0.717) is 0 Å². The van der Waals surface area contributed by atoms with Crippen molar-refractivity contribution < 1.29 is 0 Å². The minimum absolute atomic E-state index is 1.10. The molecule has 2 heterocycles. The van der Waals surface area contributed by atoms with Crippen LogP contribution in [0.5, 0.6) is 0 Å². The van der Waals surface area contributed by atoms with Crippen LogP contribution in [-0.4, -0.2) is 9.55 Å². The van der Waals surface area contributed by atoms with Crippen LogP contribution in [0.1, 0.15) is 0 Å². The van der Waals surface area contributed by atoms with Gasteiger partial charge in [0.15, 0.2) is 0 Å². The van der Waals surface area contributed by atoms with E-state index in [-0.39, 0.29) is 0 Å². The lowest BCUT2D eigenvalue weighted by Crippen LogP contribution is -1.92. The van der Waals surface area contributed by atoms with Crippen LogP contribution in [0.15, 0.2) is 159 Å². The minimum atomic E-state index is 1.10. The molecule has 0 unspecified atom stereocenters. The van der Waals surface area contributed by atoms with Crippen LogP contribution in [0.25, 0.3) is 49.3 Å². The standard InChI is InChI=1S/C18H12BrN.C12H9N.C6H4Br2/c19-13-9-11-14(12-10-13)20-17-7-3-1-5-15(17)16-6-2-4-8-18(16)20;1-3-7-11-9(5-1)10-6-2-4-8-12(10)13-11;7-5-1-2-6(8)4-3-5/h1-12H;1-8,13H;1-4H. The third-order valence-corrected chi connectivity index (χ3v) is 8.47. The highest BCUT2D eigenvalue weighted by Crippen LogP contribution is 2.32. The maximum absolute atomic E-state index is 3.50. The van der Waals surface area contributed by atoms with Gasteiger partial charge in [0.05, 0.1) is 11.0 Å². The first-order valence-electron chi connectivity index (χ1n) is 13.2. The van der Waals surface area contributed by atoms with E-state index in [0.717, 1.165) is 13.4 Å². The Balaban J connectivity index is 0.000000123. The topological polar surface area (TPSA) is 20.7 Å². The van der Waals surface area contributed by atoms with Crippen molar-refractivity contribution in [3.63, 3.8) is 0 Å². The summed E-state index contributed by atoms with van der Waals surface area (Å²) in [6, 6.07) is 50.3. The lowest BCUT2D eigenvalue weighted by molar-refractivity contribution is 1.18. The summed E-state index contributed by atoms with van der Waals surface area (Å²) in [5, 5.41) is 5.20. The molecule has 0 radical (unpaired) electrons. The molecule has 0 aliphatic rings. The third-order valence-electron chi connectivity index (χ3n) is 6.88. The van der Waals surface area contributed by atoms with Crippen LogP contribution >= 0.6 is 47.8 Å². The summed E-state index contributed by atoms with van der Waals surface area (Å²) in [6.07, 6.45) is 0. The van der Waals surface area contributed by atoms with Gasteiger partial charge in [-0.1, -0.05) is 121 Å². The summed E-state index contributed by atoms with van der Waals surface area (Å²) in [4.78, 5) is 3.38. The van der Waals surface area contributed by atoms with Gasteiger partial charge in [0.1, 0.15) is 0 Å². The smallest absolute Gasteiger partial charge is 0.0541 e. The molecule has 200 valence electrons. The van der Waals surface area contributed by atoms with Crippen LogP contribution in [0.3, 0.4) is 0 Å². The van der Waals surface area contributed by atoms with Gasteiger partial charge in [0.25, 0.3) is 0 Å². The number of hydrogen-bond donors (Lipinski definition) is 1. The Labute approximate surface area is 264 Å². The molecule has 1 N–H and O–H groups in total. The molecular formula is C36H25Br3N2. The molecule has 2 nitrogen and oxygen atoms in total. The molecule has 6 aromatic carbocycles. The number of para-hydroxylation sites is 4. The van der Waals surface area contributed by atoms with Gasteiger partial charge in [-0.2, -0.15) is 0 Å². The van der Waals surface area contributed by atoms with Crippen LogP contribution in [0, 0.1) is 0 Å². The summed E-state index contributed by atoms with van der Waals surface area (Å²) in [5.74, 6) is 0. The van der Waals surface area contributed by atoms with Crippen LogP contribution in [-0.2, 0) is 0 Å². The zero-order valence-electron chi connectivity index (χ0n) is 21.9. The molecular weight excluding hydrogens is 700 g/mol. The van der Waals surface area contributed by atoms with Crippen molar-refractivity contribution in [2.45, 2.75) is 0 Å². The van der Waals surface area contributed by atoms with Crippen molar-refractivity contribution in [2.75, 3.05) is 0 Å². The van der Waals surface area contributed by atoms with Crippen LogP contribution in [0.2, 0.25) is 0 Å². The second-order valence-electron chi connectivity index (χ2n) is 9.50. The highest BCUT2D eigenvalue weighted by molar-refractivity contribution is 9.11. The highest BCUT2D eigenvalue weighted by Gasteiger charge is 2.10. The van der Waals surface area contributed by atoms with E-state index >= 15 is 0 Å². The highest BCUT2D eigenvalue weighted by atomic mass is 79.9. The molecule has 0 aliphatic carbocycles. The van der Waals surface area contributed by atoms with Crippen molar-refractivity contribution in [1.82, 2.24) is 9.55 Å². The molecule has 0 bridgehead atoms. The van der Waals surface area contributed by atoms with E-state index in [9.17, 15) is 0 Å². The average molecular weight is 725 g/mol. The number of nitrogens with one attached hydrogen (secondary N) is 1. The summed E-state index contributed by atoms with van der Waals surface area (Å²) < 4.78 is 5.64. The number of hydrogen-bond acceptors (Lipinski definition) is 0. The monoisotopic (exact) mass is 722 g/mol. The lowest BCUT2D eigenvalue weighted by Gasteiger charge is -2.07. The SMILES string of the molecule is Brc1ccc(-n2c3ccccc3c3ccccc32)cc1.Brc1ccc(Br)cc1.c1ccc2c(c1)[nH]c1ccccc12. The van der Waals surface area contributed by atoms with E-state index in [4.69, 9.17) is 0 Å². The Bertz CT molecular complexity index is 1950. The number of rotatable bonds is 1. The third kappa shape index (κ3) is 6.03. The number of aromatic nitrogens is 2. The van der Waals surface area contributed by atoms with Crippen molar-refractivity contribution in [3.8, 4) is 5.69 Å². The summed E-state index contributed by atoms with van der Waals surface area (Å²) in [7, 11) is 0. The average Bonchev–Trinajstić information content (AvgIpc) is 3.56. The van der Waals surface area contributed by atoms with Crippen LogP contribution < -0.4 is 0 Å². The number of halogens is 3. The first-order chi connectivity index (χ1) is 20.1. The quantitative estimate of drug-likeness (QED) is 0.174. The second kappa shape index (κ2) is 12.5. The minimum Gasteiger partial charge on any atom is -0.355 e. The Kier molecular flexibility index (Phi) is 8.38. The second-order valence-corrected chi connectivity index (χ2v) is 12.2. The van der Waals surface area contributed by atoms with Gasteiger partial charge in [-0.15, -0.1) is 0 Å². The van der Waals surface area contributed by atoms with Gasteiger partial charge in [-0.25, -0.2) is 0 Å². The van der Waals surface area contributed by atoms with E-state index in [1.54, 1.807) is 0 Å². The number of fused-ring (bicyclic) bond motifs is 6. The molecule has 0 atom stereocenters. The maximum atomic E-state index is 3.50. The van der Waals surface area contributed by atoms with Gasteiger partial charge in [-0.05, 0) is 72.8 Å². The lowest BCUT2D eigenvalue weighted by atomic mass is 10.2. The van der Waals surface area contributed by atoms with Crippen molar-refractivity contribution >= 4 is 91.4 Å². The van der Waals surface area contributed by atoms with Gasteiger partial charge in [-0.3, -0.25) is 0 Å². The first kappa shape index (κ1) is 27.5. The molecule has 0 saturated carbocycles. The predicted molar refractivity (Wildman–Crippen MR) is 186 cm³/mol. The Morgan fingerprint density at radius 1 is 0.366 bits per heavy atom. The fraction of sp³-hybridized carbons (Fsp3) is 0. The summed E-state index contributed by atoms with van der Waals surface area (Å²) >= 11 is 10.1. The van der Waals surface area contributed by atoms with Gasteiger partial charge in [0, 0.05) is 51.7 Å². The number of benzene rings is 6. The predicted octanol–water partition coefficient (Wildman–Crippen LogP) is 12.1. The molecule has 0 saturated heterocycles. The fourth-order valence-corrected chi connectivity index (χ4v) is 5.81. The summed E-state index contributed by atoms with van der Waals surface area (Å²) in [5.41, 5.74) is 6.10. The largest absolute Gasteiger partial charge is 0.355 e. The van der Waals surface area contributed by atoms with E-state index in [1.807, 2.05) is 24.3 Å². The Morgan fingerprint density at radius 2 is 0.707 bits per heavy atom. The first-order valence-corrected chi connectivity index (χ1v) is 15.6. The molecule has 0 fully saturated rings. The fourth-order valence-electron chi connectivity index (χ4n) is 5.02. The molecule has 8 aromatic rings. The number of aromatic amines is 1. The Hall–Kier alpha value is -3.64. The molecule has 0 spiro atoms. The zero-order chi connectivity index (χ0) is 28.2. The normalized spacial score (nSPS) is 10.8. The van der Waals surface area contributed by atoms with Gasteiger partial charge < -0.3 is 9.55 Å². The van der Waals surface area contributed by atoms with E-state index < -0.39 is 0 Å². The molecule has 0 amide bonds. The molecule has 0 aliphatic heterocycles. The number of H-pyrrole nitrogens is 1. The molecule has 41 heavy (non-hydrogen) atoms. The summed E-state index contributed by atoms with van der Waals surface area (Å²) in [6.45, 7) is 0. The molecule has 2 aromatic heterocycles. The molecule has 5 heteroatoms. The van der Waals surface area contributed by atoms with Crippen molar-refractivity contribution in [3.05, 3.63) is 159 Å². The van der Waals surface area contributed by atoms with Crippen LogP contribution in [0.4, 0.5) is 0 Å². The van der Waals surface area contributed by atoms with Crippen molar-refractivity contribution in [1.29, 1.82) is 0 Å².